The van der Waals surface area contributed by atoms with Crippen LogP contribution in [0.5, 0.6) is 0 Å². The van der Waals surface area contributed by atoms with Crippen LogP contribution in [0.3, 0.4) is 0 Å². The summed E-state index contributed by atoms with van der Waals surface area (Å²) >= 11 is 0. The molecule has 0 radical (unpaired) electrons. The molecule has 7 heteroatoms. The molecule has 6 nitrogen and oxygen atoms in total. The second-order valence-electron chi connectivity index (χ2n) is 7.39. The number of hydrogen-bond donors (Lipinski definition) is 0. The number of sulfonamides is 1. The molecular formula is C19H28N2O4S. The summed E-state index contributed by atoms with van der Waals surface area (Å²) in [4.78, 5) is 14.6. The van der Waals surface area contributed by atoms with Gasteiger partial charge in [0, 0.05) is 32.1 Å². The number of hydrogen-bond acceptors (Lipinski definition) is 4. The Balaban J connectivity index is 1.56. The molecule has 2 fully saturated rings. The highest BCUT2D eigenvalue weighted by Gasteiger charge is 2.35. The fraction of sp³-hybridized carbons (Fsp3) is 0.632. The normalized spacial score (nSPS) is 28.1. The zero-order valence-electron chi connectivity index (χ0n) is 15.5. The number of nitrogens with zero attached hydrogens (tertiary/aromatic N) is 2. The topological polar surface area (TPSA) is 66.9 Å². The molecule has 2 aliphatic rings. The fourth-order valence-corrected chi connectivity index (χ4v) is 5.44. The van der Waals surface area contributed by atoms with Gasteiger partial charge < -0.3 is 9.64 Å². The third-order valence-electron chi connectivity index (χ3n) is 5.18. The molecule has 26 heavy (non-hydrogen) atoms. The van der Waals surface area contributed by atoms with Crippen LogP contribution in [0.15, 0.2) is 30.3 Å². The van der Waals surface area contributed by atoms with Gasteiger partial charge in [-0.1, -0.05) is 30.3 Å². The molecule has 2 saturated heterocycles. The average molecular weight is 381 g/mol. The summed E-state index contributed by atoms with van der Waals surface area (Å²) in [7, 11) is -3.35. The second kappa shape index (κ2) is 8.06. The molecule has 0 spiro atoms. The van der Waals surface area contributed by atoms with Crippen LogP contribution in [0.2, 0.25) is 0 Å². The number of ether oxygens (including phenoxy) is 1. The Morgan fingerprint density at radius 2 is 1.62 bits per heavy atom. The maximum Gasteiger partial charge on any atom is 0.225 e. The van der Waals surface area contributed by atoms with E-state index >= 15 is 0 Å². The van der Waals surface area contributed by atoms with Crippen molar-refractivity contribution in [1.82, 2.24) is 9.21 Å². The van der Waals surface area contributed by atoms with Crippen molar-refractivity contribution in [2.45, 2.75) is 44.6 Å². The van der Waals surface area contributed by atoms with Crippen molar-refractivity contribution < 1.29 is 17.9 Å². The molecule has 3 rings (SSSR count). The molecule has 1 aromatic rings. The van der Waals surface area contributed by atoms with Gasteiger partial charge in [0.05, 0.1) is 18.0 Å². The number of piperazine rings is 1. The summed E-state index contributed by atoms with van der Waals surface area (Å²) in [5.41, 5.74) is 0.788. The lowest BCUT2D eigenvalue weighted by atomic mass is 9.91. The Hall–Kier alpha value is -1.44. The minimum atomic E-state index is -3.35. The van der Waals surface area contributed by atoms with E-state index in [0.29, 0.717) is 26.2 Å². The van der Waals surface area contributed by atoms with E-state index in [2.05, 4.69) is 0 Å². The Bertz CT molecular complexity index is 704. The summed E-state index contributed by atoms with van der Waals surface area (Å²) in [6.45, 7) is 5.68. The van der Waals surface area contributed by atoms with Gasteiger partial charge in [0.15, 0.2) is 0 Å². The molecule has 1 amide bonds. The van der Waals surface area contributed by atoms with E-state index in [1.165, 1.54) is 4.31 Å². The van der Waals surface area contributed by atoms with Gasteiger partial charge in [-0.25, -0.2) is 8.42 Å². The smallest absolute Gasteiger partial charge is 0.225 e. The predicted octanol–water partition coefficient (Wildman–Crippen LogP) is 1.86. The van der Waals surface area contributed by atoms with Gasteiger partial charge in [-0.3, -0.25) is 4.79 Å². The predicted molar refractivity (Wildman–Crippen MR) is 100.0 cm³/mol. The highest BCUT2D eigenvalue weighted by Crippen LogP contribution is 2.27. The third-order valence-corrected chi connectivity index (χ3v) is 7.03. The highest BCUT2D eigenvalue weighted by atomic mass is 32.2. The van der Waals surface area contributed by atoms with Gasteiger partial charge in [0.2, 0.25) is 15.9 Å². The molecule has 2 aliphatic heterocycles. The summed E-state index contributed by atoms with van der Waals surface area (Å²) in [5.74, 6) is 0.143. The largest absolute Gasteiger partial charge is 0.376 e. The maximum absolute atomic E-state index is 12.8. The summed E-state index contributed by atoms with van der Waals surface area (Å²) in [5, 5.41) is 0. The van der Waals surface area contributed by atoms with Crippen LogP contribution in [0.1, 0.15) is 32.3 Å². The monoisotopic (exact) mass is 380 g/mol. The molecule has 0 saturated carbocycles. The fourth-order valence-electron chi connectivity index (χ4n) is 3.93. The van der Waals surface area contributed by atoms with E-state index in [9.17, 15) is 13.2 Å². The Kier molecular flexibility index (Phi) is 5.99. The van der Waals surface area contributed by atoms with E-state index in [0.717, 1.165) is 18.4 Å². The summed E-state index contributed by atoms with van der Waals surface area (Å²) in [6.07, 6.45) is 1.69. The Morgan fingerprint density at radius 3 is 2.19 bits per heavy atom. The average Bonchev–Trinajstić information content (AvgIpc) is 2.61. The van der Waals surface area contributed by atoms with Crippen molar-refractivity contribution in [2.24, 2.45) is 5.92 Å². The van der Waals surface area contributed by atoms with E-state index in [4.69, 9.17) is 4.74 Å². The molecule has 2 atom stereocenters. The SMILES string of the molecule is CC1CC(C(=O)N2CCN(S(=O)(=O)Cc3ccccc3)CC2)CC(C)O1. The number of amides is 1. The van der Waals surface area contributed by atoms with Crippen LogP contribution in [0.25, 0.3) is 0 Å². The zero-order valence-corrected chi connectivity index (χ0v) is 16.3. The van der Waals surface area contributed by atoms with Crippen LogP contribution >= 0.6 is 0 Å². The van der Waals surface area contributed by atoms with E-state index in [1.807, 2.05) is 49.1 Å². The van der Waals surface area contributed by atoms with Crippen LogP contribution in [0.4, 0.5) is 0 Å². The standard InChI is InChI=1S/C19H28N2O4S/c1-15-12-18(13-16(2)25-15)19(22)20-8-10-21(11-9-20)26(23,24)14-17-6-4-3-5-7-17/h3-7,15-16,18H,8-14H2,1-2H3. The lowest BCUT2D eigenvalue weighted by Gasteiger charge is -2.38. The highest BCUT2D eigenvalue weighted by molar-refractivity contribution is 7.88. The van der Waals surface area contributed by atoms with Crippen LogP contribution in [-0.2, 0) is 25.3 Å². The molecule has 1 aromatic carbocycles. The molecule has 0 N–H and O–H groups in total. The zero-order chi connectivity index (χ0) is 18.7. The van der Waals surface area contributed by atoms with Crippen LogP contribution in [-0.4, -0.2) is 61.9 Å². The number of rotatable bonds is 4. The van der Waals surface area contributed by atoms with Gasteiger partial charge >= 0.3 is 0 Å². The first-order valence-electron chi connectivity index (χ1n) is 9.31. The number of carbonyl (C=O) groups is 1. The Morgan fingerprint density at radius 1 is 1.04 bits per heavy atom. The first-order chi connectivity index (χ1) is 12.3. The van der Waals surface area contributed by atoms with Gasteiger partial charge in [-0.2, -0.15) is 4.31 Å². The molecule has 2 unspecified atom stereocenters. The second-order valence-corrected chi connectivity index (χ2v) is 9.36. The van der Waals surface area contributed by atoms with Crippen molar-refractivity contribution in [3.05, 3.63) is 35.9 Å². The lowest BCUT2D eigenvalue weighted by molar-refractivity contribution is -0.144. The molecule has 0 aromatic heterocycles. The third kappa shape index (κ3) is 4.64. The van der Waals surface area contributed by atoms with Gasteiger partial charge in [-0.05, 0) is 32.3 Å². The first kappa shape index (κ1) is 19.3. The quantitative estimate of drug-likeness (QED) is 0.800. The van der Waals surface area contributed by atoms with Crippen molar-refractivity contribution in [3.8, 4) is 0 Å². The minimum Gasteiger partial charge on any atom is -0.376 e. The number of carbonyl (C=O) groups excluding carboxylic acids is 1. The molecule has 0 aliphatic carbocycles. The molecule has 144 valence electrons. The lowest BCUT2D eigenvalue weighted by Crippen LogP contribution is -2.53. The van der Waals surface area contributed by atoms with Crippen molar-refractivity contribution >= 4 is 15.9 Å². The van der Waals surface area contributed by atoms with Crippen LogP contribution < -0.4 is 0 Å². The Labute approximate surface area is 156 Å². The van der Waals surface area contributed by atoms with Gasteiger partial charge in [0.25, 0.3) is 0 Å². The van der Waals surface area contributed by atoms with Crippen molar-refractivity contribution in [2.75, 3.05) is 26.2 Å². The van der Waals surface area contributed by atoms with Crippen molar-refractivity contribution in [1.29, 1.82) is 0 Å². The minimum absolute atomic E-state index is 0.0107. The first-order valence-corrected chi connectivity index (χ1v) is 10.9. The molecule has 2 heterocycles. The van der Waals surface area contributed by atoms with E-state index in [-0.39, 0.29) is 29.8 Å². The van der Waals surface area contributed by atoms with Crippen LogP contribution in [0, 0.1) is 5.92 Å². The van der Waals surface area contributed by atoms with Gasteiger partial charge in [0.1, 0.15) is 0 Å². The number of benzene rings is 1. The molecule has 0 bridgehead atoms. The maximum atomic E-state index is 12.8. The summed E-state index contributed by atoms with van der Waals surface area (Å²) in [6, 6.07) is 9.21. The van der Waals surface area contributed by atoms with E-state index < -0.39 is 10.0 Å². The molecular weight excluding hydrogens is 352 g/mol. The van der Waals surface area contributed by atoms with Crippen molar-refractivity contribution in [3.63, 3.8) is 0 Å². The van der Waals surface area contributed by atoms with E-state index in [1.54, 1.807) is 0 Å². The van der Waals surface area contributed by atoms with Gasteiger partial charge in [-0.15, -0.1) is 0 Å². The summed E-state index contributed by atoms with van der Waals surface area (Å²) < 4.78 is 32.5.